The maximum Gasteiger partial charge on any atom is 0.573 e. The van der Waals surface area contributed by atoms with E-state index in [9.17, 15) is 22.8 Å². The van der Waals surface area contributed by atoms with Crippen molar-refractivity contribution in [2.45, 2.75) is 26.1 Å². The third-order valence-electron chi connectivity index (χ3n) is 5.26. The smallest absolute Gasteiger partial charge is 0.406 e. The fourth-order valence-corrected chi connectivity index (χ4v) is 3.58. The fraction of sp³-hybridized carbons (Fsp3) is 0.304. The van der Waals surface area contributed by atoms with E-state index in [4.69, 9.17) is 5.73 Å². The first-order valence-electron chi connectivity index (χ1n) is 10.5. The predicted octanol–water partition coefficient (Wildman–Crippen LogP) is 3.89. The number of halogens is 3. The van der Waals surface area contributed by atoms with Crippen LogP contribution in [-0.2, 0) is 9.53 Å². The van der Waals surface area contributed by atoms with Crippen LogP contribution in [0.1, 0.15) is 30.1 Å². The van der Waals surface area contributed by atoms with E-state index in [0.29, 0.717) is 47.4 Å². The quantitative estimate of drug-likeness (QED) is 0.464. The lowest BCUT2D eigenvalue weighted by atomic mass is 9.97. The topological polar surface area (TPSA) is 110 Å². The van der Waals surface area contributed by atoms with Crippen molar-refractivity contribution in [1.29, 1.82) is 0 Å². The second kappa shape index (κ2) is 10.4. The lowest BCUT2D eigenvalue weighted by Gasteiger charge is -2.31. The van der Waals surface area contributed by atoms with Crippen LogP contribution in [0, 0.1) is 5.92 Å². The number of amides is 2. The molecule has 11 heteroatoms. The number of piperidine rings is 1. The number of allylic oxidation sites excluding steroid dienone is 3. The maximum atomic E-state index is 13.0. The Kier molecular flexibility index (Phi) is 7.54. The molecule has 34 heavy (non-hydrogen) atoms. The van der Waals surface area contributed by atoms with Crippen LogP contribution < -0.4 is 11.1 Å². The average Bonchev–Trinajstić information content (AvgIpc) is 2.79. The van der Waals surface area contributed by atoms with Crippen molar-refractivity contribution in [3.05, 3.63) is 66.4 Å². The zero-order chi connectivity index (χ0) is 24.9. The Morgan fingerprint density at radius 2 is 2.06 bits per heavy atom. The van der Waals surface area contributed by atoms with Crippen molar-refractivity contribution >= 4 is 28.5 Å². The number of aromatic nitrogens is 2. The summed E-state index contributed by atoms with van der Waals surface area (Å²) in [4.78, 5) is 34.5. The Hall–Kier alpha value is -3.89. The molecule has 0 bridgehead atoms. The Morgan fingerprint density at radius 1 is 1.29 bits per heavy atom. The maximum absolute atomic E-state index is 13.0. The molecule has 1 atom stereocenters. The van der Waals surface area contributed by atoms with Crippen LogP contribution >= 0.6 is 0 Å². The molecule has 1 aromatic heterocycles. The van der Waals surface area contributed by atoms with Gasteiger partial charge in [-0.2, -0.15) is 0 Å². The Labute approximate surface area is 194 Å². The van der Waals surface area contributed by atoms with Crippen molar-refractivity contribution in [1.82, 2.24) is 14.9 Å². The van der Waals surface area contributed by atoms with E-state index in [1.165, 1.54) is 12.4 Å². The summed E-state index contributed by atoms with van der Waals surface area (Å²) in [5.41, 5.74) is 6.75. The molecule has 0 saturated carbocycles. The number of hydrogen-bond donors (Lipinski definition) is 2. The third-order valence-corrected chi connectivity index (χ3v) is 5.26. The SMILES string of the molecule is C=C(/C=C\C(=C/C)Nc1ncnc2cc(C(=O)N3CCCC(C(N)=O)C3)ccc12)OC(F)(F)F. The van der Waals surface area contributed by atoms with E-state index in [0.717, 1.165) is 6.08 Å². The van der Waals surface area contributed by atoms with Gasteiger partial charge in [-0.15, -0.1) is 13.2 Å². The largest absolute Gasteiger partial charge is 0.573 e. The lowest BCUT2D eigenvalue weighted by Crippen LogP contribution is -2.44. The van der Waals surface area contributed by atoms with E-state index >= 15 is 0 Å². The highest BCUT2D eigenvalue weighted by Gasteiger charge is 2.31. The zero-order valence-corrected chi connectivity index (χ0v) is 18.4. The molecule has 8 nitrogen and oxygen atoms in total. The van der Waals surface area contributed by atoms with Gasteiger partial charge in [-0.25, -0.2) is 9.97 Å². The predicted molar refractivity (Wildman–Crippen MR) is 120 cm³/mol. The van der Waals surface area contributed by atoms with Crippen LogP contribution in [0.5, 0.6) is 0 Å². The molecule has 0 aliphatic carbocycles. The molecule has 2 amide bonds. The molecule has 3 N–H and O–H groups in total. The summed E-state index contributed by atoms with van der Waals surface area (Å²) in [6.07, 6.45) is 1.93. The summed E-state index contributed by atoms with van der Waals surface area (Å²) in [5.74, 6) is -1.17. The summed E-state index contributed by atoms with van der Waals surface area (Å²) in [6, 6.07) is 4.95. The number of benzene rings is 1. The van der Waals surface area contributed by atoms with E-state index in [-0.39, 0.29) is 18.4 Å². The summed E-state index contributed by atoms with van der Waals surface area (Å²) >= 11 is 0. The van der Waals surface area contributed by atoms with Gasteiger partial charge < -0.3 is 20.7 Å². The molecule has 1 aromatic carbocycles. The number of fused-ring (bicyclic) bond motifs is 1. The number of likely N-dealkylation sites (tertiary alicyclic amines) is 1. The molecule has 1 unspecified atom stereocenters. The standard InChI is InChI=1S/C23H24F3N5O3/c1-3-17(8-6-14(2)34-23(24,25)26)30-21-18-9-7-15(11-19(18)28-13-29-21)22(33)31-10-4-5-16(12-31)20(27)32/h3,6-9,11,13,16H,2,4-5,10,12H2,1H3,(H2,27,32)(H,28,29,30)/b8-6-,17-3+. The fourth-order valence-electron chi connectivity index (χ4n) is 3.58. The van der Waals surface area contributed by atoms with Gasteiger partial charge in [-0.3, -0.25) is 9.59 Å². The van der Waals surface area contributed by atoms with Gasteiger partial charge in [0.15, 0.2) is 0 Å². The summed E-state index contributed by atoms with van der Waals surface area (Å²) in [5, 5.41) is 3.62. The van der Waals surface area contributed by atoms with E-state index in [1.54, 1.807) is 36.1 Å². The van der Waals surface area contributed by atoms with Crippen molar-refractivity contribution < 1.29 is 27.5 Å². The number of hydrogen-bond acceptors (Lipinski definition) is 6. The summed E-state index contributed by atoms with van der Waals surface area (Å²) in [6.45, 7) is 5.72. The van der Waals surface area contributed by atoms with Crippen molar-refractivity contribution in [3.8, 4) is 0 Å². The molecule has 1 saturated heterocycles. The molecule has 2 heterocycles. The normalized spacial score (nSPS) is 17.1. The number of anilines is 1. The van der Waals surface area contributed by atoms with E-state index in [1.807, 2.05) is 0 Å². The number of carbonyl (C=O) groups excluding carboxylic acids is 2. The minimum Gasteiger partial charge on any atom is -0.406 e. The molecule has 0 spiro atoms. The number of nitrogens with two attached hydrogens (primary N) is 1. The lowest BCUT2D eigenvalue weighted by molar-refractivity contribution is -0.303. The number of nitrogens with zero attached hydrogens (tertiary/aromatic N) is 3. The second-order valence-corrected chi connectivity index (χ2v) is 7.66. The highest BCUT2D eigenvalue weighted by atomic mass is 19.4. The molecular formula is C23H24F3N5O3. The number of alkyl halides is 3. The molecule has 3 rings (SSSR count). The number of primary amides is 1. The van der Waals surface area contributed by atoms with Crippen LogP contribution in [0.4, 0.5) is 19.0 Å². The van der Waals surface area contributed by atoms with E-state index < -0.39 is 18.0 Å². The van der Waals surface area contributed by atoms with E-state index in [2.05, 4.69) is 26.6 Å². The first kappa shape index (κ1) is 24.7. The Morgan fingerprint density at radius 3 is 2.74 bits per heavy atom. The van der Waals surface area contributed by atoms with Gasteiger partial charge in [0.2, 0.25) is 5.91 Å². The second-order valence-electron chi connectivity index (χ2n) is 7.66. The minimum absolute atomic E-state index is 0.221. The van der Waals surface area contributed by atoms with Gasteiger partial charge in [-0.1, -0.05) is 12.7 Å². The van der Waals surface area contributed by atoms with Crippen molar-refractivity contribution in [3.63, 3.8) is 0 Å². The highest BCUT2D eigenvalue weighted by molar-refractivity contribution is 6.00. The Bertz CT molecular complexity index is 1160. The van der Waals surface area contributed by atoms with Gasteiger partial charge >= 0.3 is 6.36 Å². The number of carbonyl (C=O) groups is 2. The third kappa shape index (κ3) is 6.33. The van der Waals surface area contributed by atoms with Gasteiger partial charge in [0.25, 0.3) is 5.91 Å². The molecule has 0 radical (unpaired) electrons. The number of nitrogens with one attached hydrogen (secondary N) is 1. The van der Waals surface area contributed by atoms with Crippen LogP contribution in [0.15, 0.2) is 60.8 Å². The molecule has 2 aromatic rings. The van der Waals surface area contributed by atoms with Crippen molar-refractivity contribution in [2.24, 2.45) is 11.7 Å². The number of rotatable bonds is 7. The average molecular weight is 475 g/mol. The highest BCUT2D eigenvalue weighted by Crippen LogP contribution is 2.25. The Balaban J connectivity index is 1.77. The van der Waals surface area contributed by atoms with Crippen molar-refractivity contribution in [2.75, 3.05) is 18.4 Å². The first-order valence-corrected chi connectivity index (χ1v) is 10.5. The van der Waals surface area contributed by atoms with Gasteiger partial charge in [0.05, 0.1) is 11.4 Å². The monoisotopic (exact) mass is 475 g/mol. The summed E-state index contributed by atoms with van der Waals surface area (Å²) < 4.78 is 40.6. The summed E-state index contributed by atoms with van der Waals surface area (Å²) in [7, 11) is 0. The number of ether oxygens (including phenoxy) is 1. The minimum atomic E-state index is -4.82. The molecule has 1 aliphatic rings. The van der Waals surface area contributed by atoms with Gasteiger partial charge in [0.1, 0.15) is 17.9 Å². The molecule has 180 valence electrons. The van der Waals surface area contributed by atoms with Gasteiger partial charge in [-0.05, 0) is 50.1 Å². The van der Waals surface area contributed by atoms with Crippen LogP contribution in [0.2, 0.25) is 0 Å². The van der Waals surface area contributed by atoms with Crippen LogP contribution in [0.25, 0.3) is 10.9 Å². The first-order chi connectivity index (χ1) is 16.1. The van der Waals surface area contributed by atoms with Crippen LogP contribution in [0.3, 0.4) is 0 Å². The molecule has 1 fully saturated rings. The van der Waals surface area contributed by atoms with Crippen LogP contribution in [-0.4, -0.2) is 46.1 Å². The molecule has 1 aliphatic heterocycles. The molecular weight excluding hydrogens is 451 g/mol. The van der Waals surface area contributed by atoms with Gasteiger partial charge in [0, 0.05) is 29.7 Å². The zero-order valence-electron chi connectivity index (χ0n) is 18.4.